The average molecular weight is 384 g/mol. The van der Waals surface area contributed by atoms with Crippen LogP contribution < -0.4 is 15.6 Å². The molecule has 0 fully saturated rings. The molecule has 3 rings (SSSR count). The van der Waals surface area contributed by atoms with E-state index in [1.54, 1.807) is 21.0 Å². The van der Waals surface area contributed by atoms with E-state index in [-0.39, 0.29) is 23.2 Å². The molecule has 0 spiro atoms. The Balaban J connectivity index is 1.83. The third-order valence-corrected chi connectivity index (χ3v) is 4.76. The Labute approximate surface area is 162 Å². The lowest BCUT2D eigenvalue weighted by atomic mass is 10.0. The summed E-state index contributed by atoms with van der Waals surface area (Å²) in [7, 11) is 5.48. The number of fused-ring (bicyclic) bond motifs is 1. The number of benzene rings is 1. The molecular formula is C19H24N6O3. The molecule has 1 amide bonds. The van der Waals surface area contributed by atoms with Crippen LogP contribution in [0.5, 0.6) is 5.75 Å². The predicted octanol–water partition coefficient (Wildman–Crippen LogP) is 1.08. The van der Waals surface area contributed by atoms with Gasteiger partial charge in [0, 0.05) is 23.4 Å². The zero-order chi connectivity index (χ0) is 20.4. The van der Waals surface area contributed by atoms with Crippen LogP contribution in [0, 0.1) is 13.8 Å². The van der Waals surface area contributed by atoms with E-state index in [2.05, 4.69) is 20.4 Å². The average Bonchev–Trinajstić information content (AvgIpc) is 3.10. The number of para-hydroxylation sites is 1. The molecule has 0 bridgehead atoms. The maximum atomic E-state index is 12.6. The minimum absolute atomic E-state index is 0.0344. The van der Waals surface area contributed by atoms with E-state index in [0.717, 1.165) is 11.3 Å². The van der Waals surface area contributed by atoms with E-state index in [9.17, 15) is 9.59 Å². The van der Waals surface area contributed by atoms with Crippen LogP contribution >= 0.6 is 0 Å². The minimum atomic E-state index is -0.415. The number of H-pyrrole nitrogens is 1. The number of nitrogens with zero attached hydrogens (tertiary/aromatic N) is 4. The van der Waals surface area contributed by atoms with Crippen molar-refractivity contribution in [3.63, 3.8) is 0 Å². The molecule has 2 aromatic heterocycles. The number of likely N-dealkylation sites (N-methyl/N-ethyl adjacent to an activating group) is 1. The molecule has 1 aromatic carbocycles. The van der Waals surface area contributed by atoms with E-state index in [1.807, 2.05) is 43.3 Å². The van der Waals surface area contributed by atoms with Crippen LogP contribution in [0.3, 0.4) is 0 Å². The van der Waals surface area contributed by atoms with Gasteiger partial charge < -0.3 is 15.0 Å². The number of hydrogen-bond donors (Lipinski definition) is 2. The van der Waals surface area contributed by atoms with E-state index >= 15 is 0 Å². The van der Waals surface area contributed by atoms with Gasteiger partial charge in [-0.05, 0) is 34.0 Å². The van der Waals surface area contributed by atoms with E-state index in [4.69, 9.17) is 4.74 Å². The van der Waals surface area contributed by atoms with Gasteiger partial charge in [-0.25, -0.2) is 4.98 Å². The van der Waals surface area contributed by atoms with Crippen LogP contribution in [0.2, 0.25) is 0 Å². The van der Waals surface area contributed by atoms with Crippen molar-refractivity contribution >= 4 is 11.7 Å². The minimum Gasteiger partial charge on any atom is -0.496 e. The fraction of sp³-hybridized carbons (Fsp3) is 0.368. The third kappa shape index (κ3) is 3.61. The lowest BCUT2D eigenvalue weighted by Gasteiger charge is -2.26. The summed E-state index contributed by atoms with van der Waals surface area (Å²) >= 11 is 0. The summed E-state index contributed by atoms with van der Waals surface area (Å²) in [5, 5.41) is 5.59. The van der Waals surface area contributed by atoms with Crippen molar-refractivity contribution in [2.24, 2.45) is 0 Å². The highest BCUT2D eigenvalue weighted by Crippen LogP contribution is 2.27. The second kappa shape index (κ2) is 7.81. The topological polar surface area (TPSA) is 105 Å². The first-order valence-electron chi connectivity index (χ1n) is 8.87. The van der Waals surface area contributed by atoms with Gasteiger partial charge in [-0.15, -0.1) is 0 Å². The summed E-state index contributed by atoms with van der Waals surface area (Å²) in [6.45, 7) is 3.76. The highest BCUT2D eigenvalue weighted by atomic mass is 16.5. The van der Waals surface area contributed by atoms with Gasteiger partial charge in [0.05, 0.1) is 13.2 Å². The smallest absolute Gasteiger partial charge is 0.288 e. The van der Waals surface area contributed by atoms with Gasteiger partial charge in [-0.1, -0.05) is 18.2 Å². The maximum Gasteiger partial charge on any atom is 0.288 e. The monoisotopic (exact) mass is 384 g/mol. The summed E-state index contributed by atoms with van der Waals surface area (Å²) in [5.41, 5.74) is 1.79. The number of nitrogens with one attached hydrogen (secondary N) is 2. The summed E-state index contributed by atoms with van der Waals surface area (Å²) in [5.74, 6) is 0.544. The molecule has 0 aliphatic rings. The first-order chi connectivity index (χ1) is 13.3. The van der Waals surface area contributed by atoms with Crippen LogP contribution in [0.1, 0.15) is 33.5 Å². The number of ether oxygens (including phenoxy) is 1. The quantitative estimate of drug-likeness (QED) is 0.659. The maximum absolute atomic E-state index is 12.6. The van der Waals surface area contributed by atoms with Crippen molar-refractivity contribution in [1.82, 2.24) is 29.8 Å². The molecule has 1 atom stereocenters. The third-order valence-electron chi connectivity index (χ3n) is 4.76. The van der Waals surface area contributed by atoms with Crippen molar-refractivity contribution in [2.45, 2.75) is 19.9 Å². The highest BCUT2D eigenvalue weighted by molar-refractivity contribution is 5.90. The Bertz CT molecular complexity index is 1070. The molecule has 3 aromatic rings. The molecule has 0 aliphatic carbocycles. The van der Waals surface area contributed by atoms with Crippen molar-refractivity contribution in [1.29, 1.82) is 0 Å². The molecule has 9 nitrogen and oxygen atoms in total. The highest BCUT2D eigenvalue weighted by Gasteiger charge is 2.21. The first kappa shape index (κ1) is 19.6. The molecule has 0 radical (unpaired) electrons. The first-order valence-corrected chi connectivity index (χ1v) is 8.87. The van der Waals surface area contributed by atoms with Gasteiger partial charge in [0.1, 0.15) is 5.75 Å². The SMILES string of the molecule is COc1ccccc1C(CNC(=O)c1nc2nc(C)c(C)c(=O)n2[nH]1)N(C)C. The fourth-order valence-electron chi connectivity index (χ4n) is 2.99. The molecule has 2 heterocycles. The Hall–Kier alpha value is -3.20. The molecule has 0 saturated heterocycles. The number of carbonyl (C=O) groups excluding carboxylic acids is 1. The summed E-state index contributed by atoms with van der Waals surface area (Å²) in [6.07, 6.45) is 0. The van der Waals surface area contributed by atoms with Gasteiger partial charge in [-0.2, -0.15) is 9.50 Å². The lowest BCUT2D eigenvalue weighted by molar-refractivity contribution is 0.0931. The predicted molar refractivity (Wildman–Crippen MR) is 105 cm³/mol. The Morgan fingerprint density at radius 1 is 1.29 bits per heavy atom. The second-order valence-electron chi connectivity index (χ2n) is 6.77. The zero-order valence-electron chi connectivity index (χ0n) is 16.6. The number of rotatable bonds is 6. The van der Waals surface area contributed by atoms with Crippen LogP contribution in [0.25, 0.3) is 5.78 Å². The van der Waals surface area contributed by atoms with E-state index in [1.165, 1.54) is 4.52 Å². The summed E-state index contributed by atoms with van der Waals surface area (Å²) < 4.78 is 6.62. The normalized spacial score (nSPS) is 12.4. The van der Waals surface area contributed by atoms with Crippen LogP contribution in [0.4, 0.5) is 0 Å². The Morgan fingerprint density at radius 2 is 2.00 bits per heavy atom. The number of aryl methyl sites for hydroxylation is 1. The fourth-order valence-corrected chi connectivity index (χ4v) is 2.99. The summed E-state index contributed by atoms with van der Waals surface area (Å²) in [6, 6.07) is 7.58. The molecule has 0 saturated carbocycles. The number of aromatic amines is 1. The van der Waals surface area contributed by atoms with Gasteiger partial charge in [-0.3, -0.25) is 14.7 Å². The van der Waals surface area contributed by atoms with Crippen LogP contribution in [-0.2, 0) is 0 Å². The number of hydrogen-bond acceptors (Lipinski definition) is 6. The second-order valence-corrected chi connectivity index (χ2v) is 6.77. The molecular weight excluding hydrogens is 360 g/mol. The molecule has 28 heavy (non-hydrogen) atoms. The largest absolute Gasteiger partial charge is 0.496 e. The molecule has 0 aliphatic heterocycles. The molecule has 2 N–H and O–H groups in total. The number of aromatic nitrogens is 4. The van der Waals surface area contributed by atoms with Crippen LogP contribution in [-0.4, -0.2) is 58.1 Å². The molecule has 9 heteroatoms. The van der Waals surface area contributed by atoms with Crippen molar-refractivity contribution in [2.75, 3.05) is 27.7 Å². The molecule has 1 unspecified atom stereocenters. The van der Waals surface area contributed by atoms with Gasteiger partial charge in [0.25, 0.3) is 17.2 Å². The van der Waals surface area contributed by atoms with E-state index < -0.39 is 5.91 Å². The Morgan fingerprint density at radius 3 is 2.68 bits per heavy atom. The number of amides is 1. The van der Waals surface area contributed by atoms with Crippen molar-refractivity contribution < 1.29 is 9.53 Å². The van der Waals surface area contributed by atoms with Gasteiger partial charge >= 0.3 is 0 Å². The van der Waals surface area contributed by atoms with Crippen molar-refractivity contribution in [3.8, 4) is 5.75 Å². The number of carbonyl (C=O) groups is 1. The van der Waals surface area contributed by atoms with E-state index in [0.29, 0.717) is 17.8 Å². The van der Waals surface area contributed by atoms with Gasteiger partial charge in [0.2, 0.25) is 5.82 Å². The van der Waals surface area contributed by atoms with Crippen molar-refractivity contribution in [3.05, 3.63) is 57.3 Å². The molecule has 148 valence electrons. The van der Waals surface area contributed by atoms with Crippen LogP contribution in [0.15, 0.2) is 29.1 Å². The lowest BCUT2D eigenvalue weighted by Crippen LogP contribution is -2.35. The Kier molecular flexibility index (Phi) is 5.46. The summed E-state index contributed by atoms with van der Waals surface area (Å²) in [4.78, 5) is 35.3. The van der Waals surface area contributed by atoms with Gasteiger partial charge in [0.15, 0.2) is 0 Å². The number of methoxy groups -OCH3 is 1. The standard InChI is InChI=1S/C19H24N6O3/c1-11-12(2)21-19-22-16(23-25(19)18(11)27)17(26)20-10-14(24(3)4)13-8-6-7-9-15(13)28-5/h6-9,14H,10H2,1-5H3,(H,20,26)(H,21,22,23). The zero-order valence-corrected chi connectivity index (χ0v) is 16.6.